The summed E-state index contributed by atoms with van der Waals surface area (Å²) in [6.07, 6.45) is -0.0700. The molecule has 6 nitrogen and oxygen atoms in total. The molecule has 2 N–H and O–H groups in total. The Bertz CT molecular complexity index is 896. The highest BCUT2D eigenvalue weighted by Crippen LogP contribution is 2.29. The predicted octanol–water partition coefficient (Wildman–Crippen LogP) is 3.97. The van der Waals surface area contributed by atoms with E-state index in [0.29, 0.717) is 35.5 Å². The zero-order chi connectivity index (χ0) is 19.1. The van der Waals surface area contributed by atoms with Crippen LogP contribution in [0.3, 0.4) is 0 Å². The van der Waals surface area contributed by atoms with Gasteiger partial charge in [0.05, 0.1) is 19.2 Å². The monoisotopic (exact) mass is 384 g/mol. The van der Waals surface area contributed by atoms with Crippen molar-refractivity contribution in [2.24, 2.45) is 0 Å². The number of aliphatic carboxylic acids is 1. The van der Waals surface area contributed by atoms with Gasteiger partial charge < -0.3 is 19.9 Å². The Hall–Kier alpha value is -3.06. The molecule has 1 heterocycles. The Labute approximate surface area is 161 Å². The van der Waals surface area contributed by atoms with Crippen LogP contribution in [0.2, 0.25) is 0 Å². The number of carboxylic acids is 1. The van der Waals surface area contributed by atoms with Gasteiger partial charge in [-0.15, -0.1) is 11.3 Å². The molecule has 3 rings (SSSR count). The SMILES string of the molecule is COc1cc(CNc2nc(CC(=O)O)cs2)ccc1OCc1ccccc1. The first-order valence-corrected chi connectivity index (χ1v) is 9.25. The van der Waals surface area contributed by atoms with Crippen molar-refractivity contribution in [2.45, 2.75) is 19.6 Å². The molecule has 0 aliphatic carbocycles. The quantitative estimate of drug-likeness (QED) is 0.581. The Balaban J connectivity index is 1.60. The van der Waals surface area contributed by atoms with Crippen LogP contribution in [0, 0.1) is 0 Å². The Morgan fingerprint density at radius 1 is 1.15 bits per heavy atom. The number of anilines is 1. The van der Waals surface area contributed by atoms with E-state index >= 15 is 0 Å². The lowest BCUT2D eigenvalue weighted by atomic mass is 10.2. The molecular weight excluding hydrogens is 364 g/mol. The van der Waals surface area contributed by atoms with Gasteiger partial charge in [-0.3, -0.25) is 4.79 Å². The van der Waals surface area contributed by atoms with E-state index in [2.05, 4.69) is 10.3 Å². The highest BCUT2D eigenvalue weighted by Gasteiger charge is 2.08. The Morgan fingerprint density at radius 3 is 2.70 bits per heavy atom. The molecule has 0 spiro atoms. The van der Waals surface area contributed by atoms with Gasteiger partial charge in [-0.2, -0.15) is 0 Å². The molecule has 0 amide bonds. The largest absolute Gasteiger partial charge is 0.493 e. The summed E-state index contributed by atoms with van der Waals surface area (Å²) >= 11 is 1.39. The summed E-state index contributed by atoms with van der Waals surface area (Å²) < 4.78 is 11.3. The van der Waals surface area contributed by atoms with Gasteiger partial charge >= 0.3 is 5.97 Å². The third kappa shape index (κ3) is 5.46. The minimum absolute atomic E-state index is 0.0700. The lowest BCUT2D eigenvalue weighted by molar-refractivity contribution is -0.136. The third-order valence-corrected chi connectivity index (χ3v) is 4.64. The van der Waals surface area contributed by atoms with Crippen molar-refractivity contribution >= 4 is 22.4 Å². The maximum absolute atomic E-state index is 10.7. The number of carboxylic acid groups (broad SMARTS) is 1. The Kier molecular flexibility index (Phi) is 6.27. The van der Waals surface area contributed by atoms with Crippen molar-refractivity contribution in [3.05, 3.63) is 70.7 Å². The number of nitrogens with zero attached hydrogens (tertiary/aromatic N) is 1. The molecule has 0 saturated carbocycles. The predicted molar refractivity (Wildman–Crippen MR) is 105 cm³/mol. The molecule has 0 radical (unpaired) electrons. The summed E-state index contributed by atoms with van der Waals surface area (Å²) in [6.45, 7) is 1.02. The number of thiazole rings is 1. The molecule has 0 atom stereocenters. The number of carbonyl (C=O) groups is 1. The smallest absolute Gasteiger partial charge is 0.309 e. The van der Waals surface area contributed by atoms with E-state index in [-0.39, 0.29) is 6.42 Å². The minimum atomic E-state index is -0.886. The van der Waals surface area contributed by atoms with Crippen LogP contribution in [-0.2, 0) is 24.4 Å². The lowest BCUT2D eigenvalue weighted by Gasteiger charge is -2.12. The molecule has 1 aromatic heterocycles. The van der Waals surface area contributed by atoms with Crippen LogP contribution < -0.4 is 14.8 Å². The summed E-state index contributed by atoms with van der Waals surface area (Å²) in [5, 5.41) is 14.4. The topological polar surface area (TPSA) is 80.7 Å². The van der Waals surface area contributed by atoms with Gasteiger partial charge in [0.25, 0.3) is 0 Å². The van der Waals surface area contributed by atoms with E-state index in [1.807, 2.05) is 48.5 Å². The fourth-order valence-corrected chi connectivity index (χ4v) is 3.19. The van der Waals surface area contributed by atoms with Crippen molar-refractivity contribution in [2.75, 3.05) is 12.4 Å². The molecule has 0 saturated heterocycles. The van der Waals surface area contributed by atoms with Crippen LogP contribution in [-0.4, -0.2) is 23.2 Å². The molecule has 0 unspecified atom stereocenters. The van der Waals surface area contributed by atoms with E-state index in [9.17, 15) is 4.79 Å². The molecule has 2 aromatic carbocycles. The average molecular weight is 384 g/mol. The molecule has 3 aromatic rings. The summed E-state index contributed by atoms with van der Waals surface area (Å²) in [6, 6.07) is 15.7. The number of benzene rings is 2. The first-order chi connectivity index (χ1) is 13.1. The van der Waals surface area contributed by atoms with Crippen molar-refractivity contribution in [3.63, 3.8) is 0 Å². The van der Waals surface area contributed by atoms with Crippen LogP contribution in [0.1, 0.15) is 16.8 Å². The second-order valence-corrected chi connectivity index (χ2v) is 6.69. The number of rotatable bonds is 9. The lowest BCUT2D eigenvalue weighted by Crippen LogP contribution is -2.03. The van der Waals surface area contributed by atoms with Crippen LogP contribution in [0.15, 0.2) is 53.9 Å². The first kappa shape index (κ1) is 18.7. The van der Waals surface area contributed by atoms with E-state index in [0.717, 1.165) is 11.1 Å². The normalized spacial score (nSPS) is 10.4. The molecule has 0 aliphatic heterocycles. The maximum atomic E-state index is 10.7. The van der Waals surface area contributed by atoms with Crippen LogP contribution in [0.25, 0.3) is 0 Å². The highest BCUT2D eigenvalue weighted by molar-refractivity contribution is 7.13. The van der Waals surface area contributed by atoms with Crippen molar-refractivity contribution in [1.29, 1.82) is 0 Å². The van der Waals surface area contributed by atoms with Crippen molar-refractivity contribution in [1.82, 2.24) is 4.98 Å². The van der Waals surface area contributed by atoms with Gasteiger partial charge in [0.1, 0.15) is 6.61 Å². The molecule has 27 heavy (non-hydrogen) atoms. The number of hydrogen-bond acceptors (Lipinski definition) is 6. The van der Waals surface area contributed by atoms with Crippen molar-refractivity contribution < 1.29 is 19.4 Å². The number of hydrogen-bond donors (Lipinski definition) is 2. The van der Waals surface area contributed by atoms with E-state index in [1.54, 1.807) is 12.5 Å². The second-order valence-electron chi connectivity index (χ2n) is 5.83. The van der Waals surface area contributed by atoms with E-state index in [4.69, 9.17) is 14.6 Å². The van der Waals surface area contributed by atoms with Crippen LogP contribution in [0.5, 0.6) is 11.5 Å². The molecule has 0 aliphatic rings. The molecule has 7 heteroatoms. The Morgan fingerprint density at radius 2 is 1.96 bits per heavy atom. The van der Waals surface area contributed by atoms with Gasteiger partial charge in [0.2, 0.25) is 0 Å². The fraction of sp³-hybridized carbons (Fsp3) is 0.200. The summed E-state index contributed by atoms with van der Waals surface area (Å²) in [4.78, 5) is 15.0. The second kappa shape index (κ2) is 9.05. The number of methoxy groups -OCH3 is 1. The van der Waals surface area contributed by atoms with Gasteiger partial charge in [-0.05, 0) is 23.3 Å². The standard InChI is InChI=1S/C20H20N2O4S/c1-25-18-9-15(11-21-20-22-16(13-27-20)10-19(23)24)7-8-17(18)26-12-14-5-3-2-4-6-14/h2-9,13H,10-12H2,1H3,(H,21,22)(H,23,24). The molecular formula is C20H20N2O4S. The van der Waals surface area contributed by atoms with E-state index in [1.165, 1.54) is 11.3 Å². The molecule has 0 bridgehead atoms. The van der Waals surface area contributed by atoms with Gasteiger partial charge in [0, 0.05) is 11.9 Å². The maximum Gasteiger partial charge on any atom is 0.309 e. The minimum Gasteiger partial charge on any atom is -0.493 e. The van der Waals surface area contributed by atoms with Crippen molar-refractivity contribution in [3.8, 4) is 11.5 Å². The average Bonchev–Trinajstić information content (AvgIpc) is 3.12. The zero-order valence-electron chi connectivity index (χ0n) is 14.8. The van der Waals surface area contributed by atoms with Gasteiger partial charge in [-0.25, -0.2) is 4.98 Å². The third-order valence-electron chi connectivity index (χ3n) is 3.79. The van der Waals surface area contributed by atoms with Crippen LogP contribution >= 0.6 is 11.3 Å². The summed E-state index contributed by atoms with van der Waals surface area (Å²) in [5.74, 6) is 0.460. The molecule has 0 fully saturated rings. The fourth-order valence-electron chi connectivity index (χ4n) is 2.48. The first-order valence-electron chi connectivity index (χ1n) is 8.38. The summed E-state index contributed by atoms with van der Waals surface area (Å²) in [7, 11) is 1.61. The van der Waals surface area contributed by atoms with Gasteiger partial charge in [0.15, 0.2) is 16.6 Å². The zero-order valence-corrected chi connectivity index (χ0v) is 15.7. The number of nitrogens with one attached hydrogen (secondary N) is 1. The number of ether oxygens (including phenoxy) is 2. The van der Waals surface area contributed by atoms with E-state index < -0.39 is 5.97 Å². The highest BCUT2D eigenvalue weighted by atomic mass is 32.1. The van der Waals surface area contributed by atoms with Crippen LogP contribution in [0.4, 0.5) is 5.13 Å². The number of aromatic nitrogens is 1. The molecule has 140 valence electrons. The van der Waals surface area contributed by atoms with Gasteiger partial charge in [-0.1, -0.05) is 36.4 Å². The summed E-state index contributed by atoms with van der Waals surface area (Å²) in [5.41, 5.74) is 2.65.